The van der Waals surface area contributed by atoms with Crippen molar-refractivity contribution in [2.75, 3.05) is 37.7 Å². The van der Waals surface area contributed by atoms with E-state index >= 15 is 0 Å². The van der Waals surface area contributed by atoms with Gasteiger partial charge in [-0.1, -0.05) is 60.6 Å². The van der Waals surface area contributed by atoms with Crippen LogP contribution in [0.1, 0.15) is 52.4 Å². The van der Waals surface area contributed by atoms with Crippen LogP contribution in [0.25, 0.3) is 0 Å². The minimum atomic E-state index is 0.788. The predicted octanol–water partition coefficient (Wildman–Crippen LogP) is 5.65. The Morgan fingerprint density at radius 1 is 0.600 bits per heavy atom. The molecular formula is C14H30N4S2. The molecule has 20 heavy (non-hydrogen) atoms. The van der Waals surface area contributed by atoms with Crippen LogP contribution in [0.3, 0.4) is 0 Å². The second-order valence-electron chi connectivity index (χ2n) is 4.46. The van der Waals surface area contributed by atoms with Crippen molar-refractivity contribution in [1.29, 1.82) is 0 Å². The van der Waals surface area contributed by atoms with Crippen LogP contribution in [0, 0.1) is 0 Å². The molecule has 0 radical (unpaired) electrons. The number of hydrogen-bond acceptors (Lipinski definition) is 6. The van der Waals surface area contributed by atoms with Crippen molar-refractivity contribution in [2.24, 2.45) is 20.5 Å². The summed E-state index contributed by atoms with van der Waals surface area (Å²) in [5, 5.41) is 16.4. The summed E-state index contributed by atoms with van der Waals surface area (Å²) in [6.07, 6.45) is 7.91. The lowest BCUT2D eigenvalue weighted by molar-refractivity contribution is 0.606. The average molecular weight is 319 g/mol. The molecule has 0 amide bonds. The summed E-state index contributed by atoms with van der Waals surface area (Å²) in [4.78, 5) is 0. The molecule has 0 fully saturated rings. The zero-order valence-electron chi connectivity index (χ0n) is 13.1. The van der Waals surface area contributed by atoms with Gasteiger partial charge in [-0.05, 0) is 13.3 Å². The van der Waals surface area contributed by atoms with Crippen LogP contribution in [0.2, 0.25) is 0 Å². The van der Waals surface area contributed by atoms with Crippen LogP contribution in [0.4, 0.5) is 0 Å². The lowest BCUT2D eigenvalue weighted by Crippen LogP contribution is -1.86. The van der Waals surface area contributed by atoms with Crippen molar-refractivity contribution in [1.82, 2.24) is 0 Å². The zero-order chi connectivity index (χ0) is 14.7. The number of azo groups is 2. The van der Waals surface area contributed by atoms with Gasteiger partial charge in [0, 0.05) is 11.5 Å². The van der Waals surface area contributed by atoms with Crippen molar-refractivity contribution in [3.05, 3.63) is 0 Å². The normalized spacial score (nSPS) is 11.9. The van der Waals surface area contributed by atoms with Gasteiger partial charge in [0.15, 0.2) is 0 Å². The van der Waals surface area contributed by atoms with Crippen LogP contribution in [0.5, 0.6) is 0 Å². The summed E-state index contributed by atoms with van der Waals surface area (Å²) in [5.41, 5.74) is 0. The molecule has 118 valence electrons. The van der Waals surface area contributed by atoms with Gasteiger partial charge in [0.2, 0.25) is 0 Å². The highest BCUT2D eigenvalue weighted by molar-refractivity contribution is 8.76. The standard InChI is InChI=1S/C14H30N4S2/c1-3-5-6-7-8-9-10-16-18-12-14-20-19-13-11-17-15-4-2/h3-14H2,1-2H3/b17-15+,18-16+. The highest BCUT2D eigenvalue weighted by Gasteiger charge is 1.91. The van der Waals surface area contributed by atoms with Crippen LogP contribution < -0.4 is 0 Å². The van der Waals surface area contributed by atoms with Gasteiger partial charge in [-0.3, -0.25) is 0 Å². The summed E-state index contributed by atoms with van der Waals surface area (Å²) in [6.45, 7) is 7.61. The fraction of sp³-hybridized carbons (Fsp3) is 1.00. The fourth-order valence-corrected chi connectivity index (χ4v) is 3.25. The lowest BCUT2D eigenvalue weighted by atomic mass is 10.1. The summed E-state index contributed by atoms with van der Waals surface area (Å²) in [5.74, 6) is 2.07. The first-order chi connectivity index (χ1) is 9.91. The van der Waals surface area contributed by atoms with E-state index in [2.05, 4.69) is 27.4 Å². The monoisotopic (exact) mass is 318 g/mol. The second kappa shape index (κ2) is 18.9. The Hall–Kier alpha value is -0.100. The minimum absolute atomic E-state index is 0.788. The molecule has 0 aromatic rings. The molecule has 0 aliphatic rings. The predicted molar refractivity (Wildman–Crippen MR) is 93.1 cm³/mol. The maximum absolute atomic E-state index is 4.22. The Morgan fingerprint density at radius 2 is 1.15 bits per heavy atom. The molecule has 0 aliphatic carbocycles. The fourth-order valence-electron chi connectivity index (χ4n) is 1.55. The Bertz CT molecular complexity index is 235. The van der Waals surface area contributed by atoms with E-state index in [4.69, 9.17) is 0 Å². The van der Waals surface area contributed by atoms with E-state index in [0.717, 1.165) is 37.7 Å². The molecule has 0 spiro atoms. The average Bonchev–Trinajstić information content (AvgIpc) is 2.47. The molecule has 0 rings (SSSR count). The molecule has 0 N–H and O–H groups in total. The Morgan fingerprint density at radius 3 is 1.80 bits per heavy atom. The van der Waals surface area contributed by atoms with Crippen LogP contribution >= 0.6 is 21.6 Å². The van der Waals surface area contributed by atoms with Crippen molar-refractivity contribution in [3.63, 3.8) is 0 Å². The summed E-state index contributed by atoms with van der Waals surface area (Å²) in [6, 6.07) is 0. The van der Waals surface area contributed by atoms with E-state index < -0.39 is 0 Å². The van der Waals surface area contributed by atoms with Gasteiger partial charge >= 0.3 is 0 Å². The lowest BCUT2D eigenvalue weighted by Gasteiger charge is -1.97. The number of nitrogens with zero attached hydrogens (tertiary/aromatic N) is 4. The summed E-state index contributed by atoms with van der Waals surface area (Å²) >= 11 is 0. The smallest absolute Gasteiger partial charge is 0.0697 e. The SMILES string of the molecule is CCCCCCCC/N=N/CCSSCC/N=N/CC. The van der Waals surface area contributed by atoms with Crippen molar-refractivity contribution in [2.45, 2.75) is 52.4 Å². The van der Waals surface area contributed by atoms with E-state index in [0.29, 0.717) is 0 Å². The number of unbranched alkanes of at least 4 members (excludes halogenated alkanes) is 5. The third-order valence-corrected chi connectivity index (χ3v) is 4.95. The Balaban J connectivity index is 3.07. The van der Waals surface area contributed by atoms with E-state index in [-0.39, 0.29) is 0 Å². The molecular weight excluding hydrogens is 288 g/mol. The van der Waals surface area contributed by atoms with Crippen LogP contribution in [-0.2, 0) is 0 Å². The highest BCUT2D eigenvalue weighted by Crippen LogP contribution is 2.20. The van der Waals surface area contributed by atoms with Gasteiger partial charge in [-0.2, -0.15) is 20.5 Å². The van der Waals surface area contributed by atoms with E-state index in [9.17, 15) is 0 Å². The molecule has 0 atom stereocenters. The van der Waals surface area contributed by atoms with Crippen molar-refractivity contribution < 1.29 is 0 Å². The molecule has 0 saturated carbocycles. The molecule has 6 heteroatoms. The maximum atomic E-state index is 4.22. The van der Waals surface area contributed by atoms with Crippen LogP contribution in [0.15, 0.2) is 20.5 Å². The zero-order valence-corrected chi connectivity index (χ0v) is 14.7. The van der Waals surface area contributed by atoms with Gasteiger partial charge in [0.1, 0.15) is 0 Å². The first kappa shape index (κ1) is 19.9. The molecule has 0 unspecified atom stereocenters. The maximum Gasteiger partial charge on any atom is 0.0697 e. The third kappa shape index (κ3) is 17.9. The van der Waals surface area contributed by atoms with E-state index in [1.165, 1.54) is 38.5 Å². The second-order valence-corrected chi connectivity index (χ2v) is 7.17. The molecule has 0 bridgehead atoms. The number of hydrogen-bond donors (Lipinski definition) is 0. The van der Waals surface area contributed by atoms with Gasteiger partial charge in [-0.15, -0.1) is 0 Å². The summed E-state index contributed by atoms with van der Waals surface area (Å²) in [7, 11) is 3.69. The van der Waals surface area contributed by atoms with Gasteiger partial charge in [0.05, 0.1) is 26.2 Å². The quantitative estimate of drug-likeness (QED) is 0.222. The third-order valence-electron chi connectivity index (χ3n) is 2.59. The number of rotatable bonds is 15. The molecule has 0 aromatic carbocycles. The molecule has 0 heterocycles. The largest absolute Gasteiger partial charge is 0.194 e. The molecule has 0 aliphatic heterocycles. The van der Waals surface area contributed by atoms with Gasteiger partial charge < -0.3 is 0 Å². The first-order valence-electron chi connectivity index (χ1n) is 7.82. The summed E-state index contributed by atoms with van der Waals surface area (Å²) < 4.78 is 0. The van der Waals surface area contributed by atoms with Crippen molar-refractivity contribution in [3.8, 4) is 0 Å². The molecule has 4 nitrogen and oxygen atoms in total. The minimum Gasteiger partial charge on any atom is -0.194 e. The van der Waals surface area contributed by atoms with Crippen molar-refractivity contribution >= 4 is 21.6 Å². The molecule has 0 saturated heterocycles. The Labute approximate surface area is 132 Å². The van der Waals surface area contributed by atoms with E-state index in [1.54, 1.807) is 0 Å². The van der Waals surface area contributed by atoms with Gasteiger partial charge in [-0.25, -0.2) is 0 Å². The van der Waals surface area contributed by atoms with Crippen LogP contribution in [-0.4, -0.2) is 37.7 Å². The van der Waals surface area contributed by atoms with Gasteiger partial charge in [0.25, 0.3) is 0 Å². The topological polar surface area (TPSA) is 49.4 Å². The molecule has 0 aromatic heterocycles. The van der Waals surface area contributed by atoms with E-state index in [1.807, 2.05) is 28.5 Å². The highest BCUT2D eigenvalue weighted by atomic mass is 33.1. The Kier molecular flexibility index (Phi) is 18.8. The first-order valence-corrected chi connectivity index (χ1v) is 10.3.